The molecular formula is C13H25NO4S. The van der Waals surface area contributed by atoms with Crippen LogP contribution in [-0.2, 0) is 19.4 Å². The Balaban J connectivity index is 2.78. The molecule has 19 heavy (non-hydrogen) atoms. The standard InChI is InChI=1S/C13H25NO4S/c1-3-14-11-8-6-5-7-9-12(11)19(16,17)10-13(15)18-4-2/h11-12,14H,3-10H2,1-2H3. The van der Waals surface area contributed by atoms with Gasteiger partial charge in [0.05, 0.1) is 11.9 Å². The van der Waals surface area contributed by atoms with Crippen molar-refractivity contribution < 1.29 is 17.9 Å². The molecule has 0 aromatic rings. The fourth-order valence-electron chi connectivity index (χ4n) is 2.67. The lowest BCUT2D eigenvalue weighted by Gasteiger charge is -2.25. The lowest BCUT2D eigenvalue weighted by molar-refractivity contribution is -0.139. The van der Waals surface area contributed by atoms with E-state index in [0.717, 1.165) is 32.2 Å². The van der Waals surface area contributed by atoms with E-state index in [0.29, 0.717) is 6.42 Å². The lowest BCUT2D eigenvalue weighted by atomic mass is 10.1. The van der Waals surface area contributed by atoms with Gasteiger partial charge >= 0.3 is 5.97 Å². The Morgan fingerprint density at radius 3 is 2.53 bits per heavy atom. The van der Waals surface area contributed by atoms with Crippen molar-refractivity contribution in [1.82, 2.24) is 5.32 Å². The summed E-state index contributed by atoms with van der Waals surface area (Å²) in [5, 5.41) is 2.80. The molecule has 112 valence electrons. The number of nitrogens with one attached hydrogen (secondary N) is 1. The summed E-state index contributed by atoms with van der Waals surface area (Å²) >= 11 is 0. The van der Waals surface area contributed by atoms with Gasteiger partial charge in [-0.3, -0.25) is 4.79 Å². The first-order chi connectivity index (χ1) is 9.01. The monoisotopic (exact) mass is 291 g/mol. The first kappa shape index (κ1) is 16.4. The topological polar surface area (TPSA) is 72.5 Å². The van der Waals surface area contributed by atoms with Gasteiger partial charge in [0.15, 0.2) is 9.84 Å². The van der Waals surface area contributed by atoms with Crippen molar-refractivity contribution in [3.8, 4) is 0 Å². The Hall–Kier alpha value is -0.620. The molecule has 2 atom stereocenters. The van der Waals surface area contributed by atoms with Crippen molar-refractivity contribution in [2.75, 3.05) is 18.9 Å². The Morgan fingerprint density at radius 1 is 1.21 bits per heavy atom. The van der Waals surface area contributed by atoms with Gasteiger partial charge in [0, 0.05) is 6.04 Å². The molecule has 6 heteroatoms. The molecule has 0 amide bonds. The molecule has 2 unspecified atom stereocenters. The van der Waals surface area contributed by atoms with Gasteiger partial charge in [-0.15, -0.1) is 0 Å². The maximum absolute atomic E-state index is 12.4. The molecule has 0 aliphatic heterocycles. The SMILES string of the molecule is CCNC1CCCCCC1S(=O)(=O)CC(=O)OCC. The van der Waals surface area contributed by atoms with Crippen LogP contribution in [0.2, 0.25) is 0 Å². The highest BCUT2D eigenvalue weighted by Crippen LogP contribution is 2.24. The summed E-state index contributed by atoms with van der Waals surface area (Å²) in [6.07, 6.45) is 4.52. The normalized spacial score (nSPS) is 24.7. The smallest absolute Gasteiger partial charge is 0.321 e. The Labute approximate surface area is 116 Å². The minimum absolute atomic E-state index is 0.0353. The van der Waals surface area contributed by atoms with E-state index in [1.807, 2.05) is 6.92 Å². The summed E-state index contributed by atoms with van der Waals surface area (Å²) in [4.78, 5) is 11.4. The van der Waals surface area contributed by atoms with Crippen LogP contribution in [0.4, 0.5) is 0 Å². The second-order valence-corrected chi connectivity index (χ2v) is 7.17. The number of rotatable bonds is 6. The molecule has 0 aromatic carbocycles. The molecule has 0 spiro atoms. The van der Waals surface area contributed by atoms with E-state index in [-0.39, 0.29) is 12.6 Å². The van der Waals surface area contributed by atoms with Crippen LogP contribution in [0.1, 0.15) is 46.0 Å². The van der Waals surface area contributed by atoms with Gasteiger partial charge in [-0.1, -0.05) is 26.2 Å². The summed E-state index contributed by atoms with van der Waals surface area (Å²) in [6, 6.07) is -0.0353. The Bertz CT molecular complexity index is 380. The van der Waals surface area contributed by atoms with Crippen LogP contribution in [0, 0.1) is 0 Å². The highest BCUT2D eigenvalue weighted by Gasteiger charge is 2.35. The van der Waals surface area contributed by atoms with Crippen molar-refractivity contribution in [1.29, 1.82) is 0 Å². The fourth-order valence-corrected chi connectivity index (χ4v) is 4.56. The van der Waals surface area contributed by atoms with Gasteiger partial charge in [-0.25, -0.2) is 8.42 Å². The molecule has 0 saturated heterocycles. The molecular weight excluding hydrogens is 266 g/mol. The largest absolute Gasteiger partial charge is 0.465 e. The molecule has 1 saturated carbocycles. The van der Waals surface area contributed by atoms with E-state index in [1.54, 1.807) is 6.92 Å². The van der Waals surface area contributed by atoms with Crippen LogP contribution in [0.5, 0.6) is 0 Å². The predicted molar refractivity (Wildman–Crippen MR) is 74.8 cm³/mol. The van der Waals surface area contributed by atoms with Crippen LogP contribution in [0.15, 0.2) is 0 Å². The van der Waals surface area contributed by atoms with Gasteiger partial charge in [0.2, 0.25) is 0 Å². The van der Waals surface area contributed by atoms with Crippen molar-refractivity contribution in [2.24, 2.45) is 0 Å². The lowest BCUT2D eigenvalue weighted by Crippen LogP contribution is -2.45. The van der Waals surface area contributed by atoms with E-state index in [2.05, 4.69) is 5.32 Å². The Morgan fingerprint density at radius 2 is 1.89 bits per heavy atom. The van der Waals surface area contributed by atoms with Gasteiger partial charge in [-0.2, -0.15) is 0 Å². The maximum atomic E-state index is 12.4. The third-order valence-electron chi connectivity index (χ3n) is 3.50. The maximum Gasteiger partial charge on any atom is 0.321 e. The first-order valence-electron chi connectivity index (χ1n) is 7.11. The highest BCUT2D eigenvalue weighted by molar-refractivity contribution is 7.92. The fraction of sp³-hybridized carbons (Fsp3) is 0.923. The average molecular weight is 291 g/mol. The second-order valence-electron chi connectivity index (χ2n) is 4.95. The van der Waals surface area contributed by atoms with Gasteiger partial charge in [-0.05, 0) is 26.3 Å². The molecule has 0 bridgehead atoms. The van der Waals surface area contributed by atoms with E-state index in [4.69, 9.17) is 4.74 Å². The number of hydrogen-bond donors (Lipinski definition) is 1. The predicted octanol–water partition coefficient (Wildman–Crippen LogP) is 1.28. The number of carbonyl (C=O) groups excluding carboxylic acids is 1. The second kappa shape index (κ2) is 7.85. The van der Waals surface area contributed by atoms with E-state index in [1.165, 1.54) is 0 Å². The molecule has 1 aliphatic rings. The van der Waals surface area contributed by atoms with Crippen LogP contribution < -0.4 is 5.32 Å². The zero-order valence-electron chi connectivity index (χ0n) is 11.9. The van der Waals surface area contributed by atoms with Gasteiger partial charge in [0.1, 0.15) is 5.75 Å². The van der Waals surface area contributed by atoms with E-state index >= 15 is 0 Å². The molecule has 1 N–H and O–H groups in total. The zero-order chi connectivity index (χ0) is 14.3. The first-order valence-corrected chi connectivity index (χ1v) is 8.83. The third kappa shape index (κ3) is 5.10. The number of carbonyl (C=O) groups is 1. The zero-order valence-corrected chi connectivity index (χ0v) is 12.7. The van der Waals surface area contributed by atoms with Crippen molar-refractivity contribution in [3.63, 3.8) is 0 Å². The number of esters is 1. The van der Waals surface area contributed by atoms with Crippen molar-refractivity contribution >= 4 is 15.8 Å². The highest BCUT2D eigenvalue weighted by atomic mass is 32.2. The third-order valence-corrected chi connectivity index (χ3v) is 5.63. The average Bonchev–Trinajstić information content (AvgIpc) is 2.55. The van der Waals surface area contributed by atoms with Crippen LogP contribution in [-0.4, -0.2) is 44.6 Å². The van der Waals surface area contributed by atoms with Gasteiger partial charge < -0.3 is 10.1 Å². The van der Waals surface area contributed by atoms with Gasteiger partial charge in [0.25, 0.3) is 0 Å². The quantitative estimate of drug-likeness (QED) is 0.589. The van der Waals surface area contributed by atoms with Crippen molar-refractivity contribution in [3.05, 3.63) is 0 Å². The van der Waals surface area contributed by atoms with Crippen molar-refractivity contribution in [2.45, 2.75) is 57.2 Å². The molecule has 0 radical (unpaired) electrons. The molecule has 1 rings (SSSR count). The molecule has 1 fully saturated rings. The molecule has 5 nitrogen and oxygen atoms in total. The Kier molecular flexibility index (Phi) is 6.79. The summed E-state index contributed by atoms with van der Waals surface area (Å²) in [5.74, 6) is -1.13. The number of sulfone groups is 1. The number of ether oxygens (including phenoxy) is 1. The van der Waals surface area contributed by atoms with Crippen LogP contribution in [0.25, 0.3) is 0 Å². The van der Waals surface area contributed by atoms with Crippen LogP contribution in [0.3, 0.4) is 0 Å². The summed E-state index contributed by atoms with van der Waals surface area (Å²) in [6.45, 7) is 4.61. The molecule has 0 aromatic heterocycles. The summed E-state index contributed by atoms with van der Waals surface area (Å²) in [5.41, 5.74) is 0. The van der Waals surface area contributed by atoms with E-state index in [9.17, 15) is 13.2 Å². The van der Waals surface area contributed by atoms with E-state index < -0.39 is 26.8 Å². The minimum atomic E-state index is -3.44. The summed E-state index contributed by atoms with van der Waals surface area (Å²) in [7, 11) is -3.44. The minimum Gasteiger partial charge on any atom is -0.465 e. The van der Waals surface area contributed by atoms with Crippen LogP contribution >= 0.6 is 0 Å². The number of hydrogen-bond acceptors (Lipinski definition) is 5. The molecule has 0 heterocycles. The molecule has 1 aliphatic carbocycles. The summed E-state index contributed by atoms with van der Waals surface area (Å²) < 4.78 is 29.5.